The topological polar surface area (TPSA) is 63.6 Å². The molecule has 0 heterocycles. The Balaban J connectivity index is 1.81. The lowest BCUT2D eigenvalue weighted by Crippen LogP contribution is -2.52. The molecule has 0 bridgehead atoms. The van der Waals surface area contributed by atoms with Crippen LogP contribution in [0.25, 0.3) is 0 Å². The summed E-state index contributed by atoms with van der Waals surface area (Å²) < 4.78 is 5.18. The molecule has 0 aliphatic heterocycles. The molecule has 0 spiro atoms. The van der Waals surface area contributed by atoms with E-state index in [-0.39, 0.29) is 22.7 Å². The molecule has 4 heteroatoms. The first-order valence-electron chi connectivity index (χ1n) is 10.2. The van der Waals surface area contributed by atoms with Crippen LogP contribution < -0.4 is 0 Å². The van der Waals surface area contributed by atoms with E-state index in [1.54, 1.807) is 0 Å². The molecule has 3 aliphatic carbocycles. The number of hydrogen-bond donors (Lipinski definition) is 1. The number of carboxylic acid groups (broad SMARTS) is 1. The summed E-state index contributed by atoms with van der Waals surface area (Å²) >= 11 is 0. The van der Waals surface area contributed by atoms with Crippen molar-refractivity contribution in [2.45, 2.75) is 79.1 Å². The molecule has 0 aromatic heterocycles. The van der Waals surface area contributed by atoms with Crippen LogP contribution in [0.15, 0.2) is 11.6 Å². The third kappa shape index (κ3) is 3.20. The number of aliphatic carboxylic acids is 1. The number of carbonyl (C=O) groups excluding carboxylic acids is 1. The lowest BCUT2D eigenvalue weighted by molar-refractivity contribution is -0.160. The Morgan fingerprint density at radius 2 is 1.96 bits per heavy atom. The van der Waals surface area contributed by atoms with Crippen LogP contribution >= 0.6 is 0 Å². The van der Waals surface area contributed by atoms with Gasteiger partial charge in [-0.2, -0.15) is 0 Å². The second-order valence-corrected chi connectivity index (χ2v) is 9.79. The van der Waals surface area contributed by atoms with Gasteiger partial charge in [-0.05, 0) is 74.5 Å². The Bertz CT molecular complexity index is 624. The summed E-state index contributed by atoms with van der Waals surface area (Å²) in [6.07, 6.45) is 10.5. The second kappa shape index (κ2) is 6.69. The molecule has 0 aromatic carbocycles. The monoisotopic (exact) mass is 362 g/mol. The highest BCUT2D eigenvalue weighted by Crippen LogP contribution is 2.63. The fraction of sp³-hybridized carbons (Fsp3) is 0.818. The van der Waals surface area contributed by atoms with E-state index >= 15 is 0 Å². The van der Waals surface area contributed by atoms with Crippen LogP contribution in [0, 0.1) is 28.1 Å². The van der Waals surface area contributed by atoms with Gasteiger partial charge in [-0.1, -0.05) is 31.9 Å². The minimum Gasteiger partial charge on any atom is -0.481 e. The van der Waals surface area contributed by atoms with Gasteiger partial charge in [0, 0.05) is 6.92 Å². The molecule has 2 saturated carbocycles. The molecule has 4 nitrogen and oxygen atoms in total. The normalized spacial score (nSPS) is 42.2. The third-order valence-corrected chi connectivity index (χ3v) is 7.89. The zero-order valence-electron chi connectivity index (χ0n) is 16.8. The van der Waals surface area contributed by atoms with Crippen molar-refractivity contribution in [2.24, 2.45) is 28.1 Å². The number of carboxylic acids is 1. The van der Waals surface area contributed by atoms with Crippen molar-refractivity contribution in [3.8, 4) is 0 Å². The molecule has 5 atom stereocenters. The molecular weight excluding hydrogens is 328 g/mol. The SMILES string of the molecule is CC(=O)OCC[C@@]1(C)CC=C2[C@@H](CC[C@@H]3[C@](C)(C(=O)O)CCC[C@@]23C)C1. The molecular formula is C22H34O4. The minimum absolute atomic E-state index is 0.0333. The first-order valence-corrected chi connectivity index (χ1v) is 10.2. The molecule has 3 rings (SSSR count). The molecule has 0 amide bonds. The molecule has 2 fully saturated rings. The van der Waals surface area contributed by atoms with E-state index in [1.807, 2.05) is 6.92 Å². The third-order valence-electron chi connectivity index (χ3n) is 7.89. The number of ether oxygens (including phenoxy) is 1. The summed E-state index contributed by atoms with van der Waals surface area (Å²) in [5, 5.41) is 9.91. The zero-order valence-corrected chi connectivity index (χ0v) is 16.8. The highest BCUT2D eigenvalue weighted by atomic mass is 16.5. The van der Waals surface area contributed by atoms with Crippen LogP contribution in [0.2, 0.25) is 0 Å². The molecule has 146 valence electrons. The maximum Gasteiger partial charge on any atom is 0.309 e. The van der Waals surface area contributed by atoms with E-state index in [4.69, 9.17) is 4.74 Å². The van der Waals surface area contributed by atoms with Crippen LogP contribution in [-0.2, 0) is 14.3 Å². The van der Waals surface area contributed by atoms with Gasteiger partial charge in [0.2, 0.25) is 0 Å². The maximum absolute atomic E-state index is 12.0. The van der Waals surface area contributed by atoms with E-state index in [0.29, 0.717) is 12.5 Å². The van der Waals surface area contributed by atoms with Gasteiger partial charge < -0.3 is 9.84 Å². The average Bonchev–Trinajstić information content (AvgIpc) is 2.53. The highest BCUT2D eigenvalue weighted by Gasteiger charge is 2.57. The fourth-order valence-corrected chi connectivity index (χ4v) is 6.39. The zero-order chi connectivity index (χ0) is 19.2. The Hall–Kier alpha value is -1.32. The van der Waals surface area contributed by atoms with Crippen LogP contribution in [0.3, 0.4) is 0 Å². The number of fused-ring (bicyclic) bond motifs is 3. The minimum atomic E-state index is -0.616. The van der Waals surface area contributed by atoms with E-state index < -0.39 is 11.4 Å². The van der Waals surface area contributed by atoms with Crippen molar-refractivity contribution < 1.29 is 19.4 Å². The summed E-state index contributed by atoms with van der Waals surface area (Å²) in [5.41, 5.74) is 1.16. The summed E-state index contributed by atoms with van der Waals surface area (Å²) in [4.78, 5) is 23.1. The van der Waals surface area contributed by atoms with Gasteiger partial charge in [0.05, 0.1) is 12.0 Å². The van der Waals surface area contributed by atoms with Gasteiger partial charge >= 0.3 is 11.9 Å². The molecule has 0 aromatic rings. The van der Waals surface area contributed by atoms with Crippen LogP contribution in [0.4, 0.5) is 0 Å². The number of esters is 1. The molecule has 0 saturated heterocycles. The Kier molecular flexibility index (Phi) is 5.00. The van der Waals surface area contributed by atoms with Gasteiger partial charge in [0.1, 0.15) is 0 Å². The van der Waals surface area contributed by atoms with Gasteiger partial charge in [0.25, 0.3) is 0 Å². The van der Waals surface area contributed by atoms with Crippen molar-refractivity contribution >= 4 is 11.9 Å². The standard InChI is InChI=1S/C22H34O4/c1-15(23)26-13-12-20(2)11-8-17-16(14-20)6-7-18-21(17,3)9-5-10-22(18,4)19(24)25/h8,16,18H,5-7,9-14H2,1-4H3,(H,24,25)/t16-,18-,20+,21-,22+/m0/s1. The lowest BCUT2D eigenvalue weighted by atomic mass is 9.46. The van der Waals surface area contributed by atoms with Gasteiger partial charge in [-0.25, -0.2) is 0 Å². The molecule has 0 radical (unpaired) electrons. The summed E-state index contributed by atoms with van der Waals surface area (Å²) in [6, 6.07) is 0. The first-order chi connectivity index (χ1) is 12.1. The molecule has 26 heavy (non-hydrogen) atoms. The highest BCUT2D eigenvalue weighted by molar-refractivity contribution is 5.75. The molecule has 0 unspecified atom stereocenters. The van der Waals surface area contributed by atoms with Crippen molar-refractivity contribution in [3.05, 3.63) is 11.6 Å². The van der Waals surface area contributed by atoms with Gasteiger partial charge in [-0.15, -0.1) is 0 Å². The summed E-state index contributed by atoms with van der Waals surface area (Å²) in [6.45, 7) is 8.58. The number of allylic oxidation sites excluding steroid dienone is 2. The first kappa shape index (κ1) is 19.4. The fourth-order valence-electron chi connectivity index (χ4n) is 6.39. The van der Waals surface area contributed by atoms with Crippen molar-refractivity contribution in [2.75, 3.05) is 6.61 Å². The average molecular weight is 363 g/mol. The maximum atomic E-state index is 12.0. The summed E-state index contributed by atoms with van der Waals surface area (Å²) in [7, 11) is 0. The van der Waals surface area contributed by atoms with E-state index in [0.717, 1.165) is 51.4 Å². The predicted molar refractivity (Wildman–Crippen MR) is 101 cm³/mol. The van der Waals surface area contributed by atoms with Gasteiger partial charge in [0.15, 0.2) is 0 Å². The van der Waals surface area contributed by atoms with Crippen molar-refractivity contribution in [1.29, 1.82) is 0 Å². The largest absolute Gasteiger partial charge is 0.481 e. The van der Waals surface area contributed by atoms with Crippen LogP contribution in [0.1, 0.15) is 79.1 Å². The number of hydrogen-bond acceptors (Lipinski definition) is 3. The van der Waals surface area contributed by atoms with Crippen LogP contribution in [0.5, 0.6) is 0 Å². The Morgan fingerprint density at radius 1 is 1.23 bits per heavy atom. The lowest BCUT2D eigenvalue weighted by Gasteiger charge is -2.58. The van der Waals surface area contributed by atoms with Gasteiger partial charge in [-0.3, -0.25) is 9.59 Å². The molecule has 3 aliphatic rings. The second-order valence-electron chi connectivity index (χ2n) is 9.79. The van der Waals surface area contributed by atoms with E-state index in [9.17, 15) is 14.7 Å². The van der Waals surface area contributed by atoms with Crippen molar-refractivity contribution in [1.82, 2.24) is 0 Å². The number of carbonyl (C=O) groups is 2. The van der Waals surface area contributed by atoms with E-state index in [2.05, 4.69) is 19.9 Å². The Labute approximate surface area is 157 Å². The predicted octanol–water partition coefficient (Wildman–Crippen LogP) is 4.97. The Morgan fingerprint density at radius 3 is 2.62 bits per heavy atom. The summed E-state index contributed by atoms with van der Waals surface area (Å²) in [5.74, 6) is -0.0176. The number of rotatable bonds is 4. The molecule has 1 N–H and O–H groups in total. The quantitative estimate of drug-likeness (QED) is 0.566. The van der Waals surface area contributed by atoms with E-state index in [1.165, 1.54) is 12.5 Å². The smallest absolute Gasteiger partial charge is 0.309 e. The van der Waals surface area contributed by atoms with Crippen molar-refractivity contribution in [3.63, 3.8) is 0 Å². The van der Waals surface area contributed by atoms with Crippen LogP contribution in [-0.4, -0.2) is 23.7 Å².